The first-order valence-electron chi connectivity index (χ1n) is 11.3. The molecule has 0 radical (unpaired) electrons. The molecule has 0 spiro atoms. The molecule has 3 amide bonds. The monoisotopic (exact) mass is 609 g/mol. The summed E-state index contributed by atoms with van der Waals surface area (Å²) in [6, 6.07) is 21.8. The van der Waals surface area contributed by atoms with Gasteiger partial charge in [-0.1, -0.05) is 40.2 Å². The number of hydrogen-bond acceptors (Lipinski definition) is 5. The second-order valence-electron chi connectivity index (χ2n) is 7.88. The van der Waals surface area contributed by atoms with Crippen LogP contribution in [0.1, 0.15) is 15.9 Å². The van der Waals surface area contributed by atoms with Gasteiger partial charge in [0.15, 0.2) is 0 Å². The van der Waals surface area contributed by atoms with Crippen molar-refractivity contribution in [3.63, 3.8) is 0 Å². The summed E-state index contributed by atoms with van der Waals surface area (Å²) in [6.45, 7) is 0. The van der Waals surface area contributed by atoms with Gasteiger partial charge in [0.25, 0.3) is 11.8 Å². The van der Waals surface area contributed by atoms with Gasteiger partial charge in [-0.2, -0.15) is 11.3 Å². The topological polar surface area (TPSA) is 87.3 Å². The Morgan fingerprint density at radius 2 is 1.76 bits per heavy atom. The second-order valence-corrected chi connectivity index (χ2v) is 10.6. The van der Waals surface area contributed by atoms with Crippen molar-refractivity contribution in [1.29, 1.82) is 0 Å². The van der Waals surface area contributed by atoms with Crippen molar-refractivity contribution >= 4 is 74.2 Å². The van der Waals surface area contributed by atoms with Gasteiger partial charge in [0, 0.05) is 20.6 Å². The van der Waals surface area contributed by atoms with Crippen LogP contribution in [0.15, 0.2) is 105 Å². The van der Waals surface area contributed by atoms with E-state index in [0.717, 1.165) is 10.5 Å². The maximum absolute atomic E-state index is 14.0. The molecule has 0 atom stereocenters. The van der Waals surface area contributed by atoms with E-state index in [9.17, 15) is 18.8 Å². The van der Waals surface area contributed by atoms with Crippen LogP contribution in [0.2, 0.25) is 0 Å². The summed E-state index contributed by atoms with van der Waals surface area (Å²) in [7, 11) is 0. The van der Waals surface area contributed by atoms with Gasteiger partial charge in [-0.05, 0) is 77.0 Å². The Labute approximate surface area is 235 Å². The molecule has 4 aromatic rings. The minimum absolute atomic E-state index is 0.0450. The quantitative estimate of drug-likeness (QED) is 0.144. The Hall–Kier alpha value is -3.73. The molecule has 0 aliphatic heterocycles. The molecular weight excluding hydrogens is 589 g/mol. The van der Waals surface area contributed by atoms with Gasteiger partial charge in [-0.25, -0.2) is 4.39 Å². The first-order valence-corrected chi connectivity index (χ1v) is 14.0. The van der Waals surface area contributed by atoms with Gasteiger partial charge < -0.3 is 16.0 Å². The lowest BCUT2D eigenvalue weighted by molar-refractivity contribution is -0.114. The van der Waals surface area contributed by atoms with Crippen LogP contribution in [0.5, 0.6) is 0 Å². The Morgan fingerprint density at radius 3 is 2.50 bits per heavy atom. The number of benzene rings is 3. The highest BCUT2D eigenvalue weighted by Gasteiger charge is 2.16. The van der Waals surface area contributed by atoms with Crippen molar-refractivity contribution in [1.82, 2.24) is 5.32 Å². The van der Waals surface area contributed by atoms with Crippen LogP contribution in [0.4, 0.5) is 15.8 Å². The Balaban J connectivity index is 1.41. The van der Waals surface area contributed by atoms with Crippen molar-refractivity contribution in [2.45, 2.75) is 4.90 Å². The lowest BCUT2D eigenvalue weighted by Crippen LogP contribution is -2.30. The molecule has 6 nitrogen and oxygen atoms in total. The number of anilines is 2. The number of rotatable bonds is 9. The third-order valence-electron chi connectivity index (χ3n) is 5.05. The molecule has 1 aromatic heterocycles. The van der Waals surface area contributed by atoms with E-state index in [-0.39, 0.29) is 23.0 Å². The zero-order valence-corrected chi connectivity index (χ0v) is 23.0. The lowest BCUT2D eigenvalue weighted by Gasteiger charge is -2.12. The number of carbonyl (C=O) groups excluding carboxylic acids is 3. The van der Waals surface area contributed by atoms with E-state index in [1.807, 2.05) is 16.8 Å². The minimum Gasteiger partial charge on any atom is -0.323 e. The average Bonchev–Trinajstić information content (AvgIpc) is 3.43. The van der Waals surface area contributed by atoms with E-state index in [0.29, 0.717) is 15.7 Å². The van der Waals surface area contributed by atoms with E-state index in [2.05, 4.69) is 31.9 Å². The summed E-state index contributed by atoms with van der Waals surface area (Å²) in [5, 5.41) is 11.8. The summed E-state index contributed by atoms with van der Waals surface area (Å²) in [5.74, 6) is -1.75. The van der Waals surface area contributed by atoms with E-state index in [1.54, 1.807) is 66.7 Å². The number of nitrogens with one attached hydrogen (secondary N) is 3. The summed E-state index contributed by atoms with van der Waals surface area (Å²) >= 11 is 5.90. The molecular formula is C28H21BrFN3O3S2. The van der Waals surface area contributed by atoms with E-state index in [4.69, 9.17) is 0 Å². The summed E-state index contributed by atoms with van der Waals surface area (Å²) < 4.78 is 14.6. The maximum Gasteiger partial charge on any atom is 0.272 e. The molecule has 3 aromatic carbocycles. The van der Waals surface area contributed by atoms with Gasteiger partial charge in [0.1, 0.15) is 11.5 Å². The molecule has 1 heterocycles. The standard InChI is InChI=1S/C28H21BrFN3O3S2/c29-20-9-10-24(23(30)14-20)32-26(34)17-38-22-8-4-7-21(15-22)31-28(36)25(13-18-11-12-37-16-18)33-27(35)19-5-2-1-3-6-19/h1-16H,17H2,(H,31,36)(H,32,34)(H,33,35)/b25-13-. The number of amides is 3. The molecule has 3 N–H and O–H groups in total. The maximum atomic E-state index is 14.0. The van der Waals surface area contributed by atoms with E-state index < -0.39 is 17.6 Å². The van der Waals surface area contributed by atoms with E-state index in [1.165, 1.54) is 35.2 Å². The molecule has 4 rings (SSSR count). The van der Waals surface area contributed by atoms with Crippen LogP contribution in [-0.2, 0) is 9.59 Å². The van der Waals surface area contributed by atoms with Crippen molar-refractivity contribution in [2.75, 3.05) is 16.4 Å². The molecule has 192 valence electrons. The van der Waals surface area contributed by atoms with Crippen LogP contribution in [0.3, 0.4) is 0 Å². The number of thiophene rings is 1. The van der Waals surface area contributed by atoms with Crippen LogP contribution in [0.25, 0.3) is 6.08 Å². The molecule has 0 aliphatic carbocycles. The Morgan fingerprint density at radius 1 is 0.947 bits per heavy atom. The molecule has 0 saturated heterocycles. The van der Waals surface area contributed by atoms with Gasteiger partial charge in [0.2, 0.25) is 5.91 Å². The molecule has 0 saturated carbocycles. The highest BCUT2D eigenvalue weighted by Crippen LogP contribution is 2.24. The smallest absolute Gasteiger partial charge is 0.272 e. The van der Waals surface area contributed by atoms with Gasteiger partial charge in [-0.3, -0.25) is 14.4 Å². The number of thioether (sulfide) groups is 1. The fourth-order valence-corrected chi connectivity index (χ4v) is 4.96. The summed E-state index contributed by atoms with van der Waals surface area (Å²) in [5.41, 5.74) is 1.89. The normalized spacial score (nSPS) is 11.1. The van der Waals surface area contributed by atoms with Crippen LogP contribution >= 0.6 is 39.0 Å². The number of hydrogen-bond donors (Lipinski definition) is 3. The number of carbonyl (C=O) groups is 3. The number of halogens is 2. The van der Waals surface area contributed by atoms with Crippen LogP contribution in [0, 0.1) is 5.82 Å². The first kappa shape index (κ1) is 27.3. The van der Waals surface area contributed by atoms with Crippen LogP contribution < -0.4 is 16.0 Å². The fraction of sp³-hybridized carbons (Fsp3) is 0.0357. The van der Waals surface area contributed by atoms with Crippen molar-refractivity contribution in [3.05, 3.63) is 117 Å². The molecule has 0 unspecified atom stereocenters. The highest BCUT2D eigenvalue weighted by atomic mass is 79.9. The SMILES string of the molecule is O=C(CSc1cccc(NC(=O)/C(=C/c2ccsc2)NC(=O)c2ccccc2)c1)Nc1ccc(Br)cc1F. The first-order chi connectivity index (χ1) is 18.4. The van der Waals surface area contributed by atoms with Gasteiger partial charge >= 0.3 is 0 Å². The van der Waals surface area contributed by atoms with Crippen molar-refractivity contribution < 1.29 is 18.8 Å². The summed E-state index contributed by atoms with van der Waals surface area (Å²) in [4.78, 5) is 38.9. The third kappa shape index (κ3) is 7.88. The fourth-order valence-electron chi connectivity index (χ4n) is 3.25. The third-order valence-corrected chi connectivity index (χ3v) is 7.24. The predicted octanol–water partition coefficient (Wildman–Crippen LogP) is 6.79. The molecule has 0 bridgehead atoms. The highest BCUT2D eigenvalue weighted by molar-refractivity contribution is 9.10. The van der Waals surface area contributed by atoms with E-state index >= 15 is 0 Å². The zero-order valence-electron chi connectivity index (χ0n) is 19.7. The van der Waals surface area contributed by atoms with Crippen molar-refractivity contribution in [2.24, 2.45) is 0 Å². The predicted molar refractivity (Wildman–Crippen MR) is 155 cm³/mol. The Kier molecular flexibility index (Phi) is 9.47. The zero-order chi connectivity index (χ0) is 26.9. The average molecular weight is 611 g/mol. The molecule has 0 aliphatic rings. The molecule has 10 heteroatoms. The van der Waals surface area contributed by atoms with Gasteiger partial charge in [0.05, 0.1) is 11.4 Å². The van der Waals surface area contributed by atoms with Crippen LogP contribution in [-0.4, -0.2) is 23.5 Å². The van der Waals surface area contributed by atoms with Gasteiger partial charge in [-0.15, -0.1) is 11.8 Å². The lowest BCUT2D eigenvalue weighted by atomic mass is 10.2. The molecule has 0 fully saturated rings. The Bertz CT molecular complexity index is 1480. The molecule has 38 heavy (non-hydrogen) atoms. The largest absolute Gasteiger partial charge is 0.323 e. The minimum atomic E-state index is -0.534. The van der Waals surface area contributed by atoms with Crippen molar-refractivity contribution in [3.8, 4) is 0 Å². The summed E-state index contributed by atoms with van der Waals surface area (Å²) in [6.07, 6.45) is 1.61. The second kappa shape index (κ2) is 13.2.